The molecule has 8 nitrogen and oxygen atoms in total. The molecule has 10 heteroatoms. The van der Waals surface area contributed by atoms with Crippen LogP contribution >= 0.6 is 11.6 Å². The van der Waals surface area contributed by atoms with Crippen molar-refractivity contribution in [3.8, 4) is 0 Å². The van der Waals surface area contributed by atoms with E-state index >= 15 is 0 Å². The summed E-state index contributed by atoms with van der Waals surface area (Å²) in [4.78, 5) is 8.28. The predicted octanol–water partition coefficient (Wildman–Crippen LogP) is 2.34. The van der Waals surface area contributed by atoms with Crippen molar-refractivity contribution in [2.45, 2.75) is 25.6 Å². The smallest absolute Gasteiger partial charge is 0.299 e. The van der Waals surface area contributed by atoms with Crippen LogP contribution in [0.4, 0.5) is 5.69 Å². The quantitative estimate of drug-likeness (QED) is 0.728. The van der Waals surface area contributed by atoms with E-state index in [4.69, 9.17) is 16.3 Å². The Bertz CT molecular complexity index is 1030. The fraction of sp³-hybridized carbons (Fsp3) is 0.267. The largest absolute Gasteiger partial charge is 0.378 e. The van der Waals surface area contributed by atoms with Crippen molar-refractivity contribution < 1.29 is 13.2 Å². The highest BCUT2D eigenvalue weighted by molar-refractivity contribution is 7.92. The third-order valence-corrected chi connectivity index (χ3v) is 4.96. The number of methoxy groups -OCH3 is 1. The first kappa shape index (κ1) is 17.6. The number of aryl methyl sites for hydroxylation is 2. The monoisotopic (exact) mass is 381 g/mol. The van der Waals surface area contributed by atoms with Crippen molar-refractivity contribution in [2.24, 2.45) is 0 Å². The molecular weight excluding hydrogens is 366 g/mol. The fourth-order valence-electron chi connectivity index (χ4n) is 2.33. The number of fused-ring (bicyclic) bond motifs is 1. The summed E-state index contributed by atoms with van der Waals surface area (Å²) in [6.07, 6.45) is 0. The Balaban J connectivity index is 2.04. The minimum absolute atomic E-state index is 0.184. The first-order chi connectivity index (χ1) is 11.8. The number of anilines is 1. The van der Waals surface area contributed by atoms with Crippen molar-refractivity contribution in [2.75, 3.05) is 11.8 Å². The molecule has 0 fully saturated rings. The number of aromatic nitrogens is 4. The van der Waals surface area contributed by atoms with Gasteiger partial charge in [-0.25, -0.2) is 9.50 Å². The zero-order valence-corrected chi connectivity index (χ0v) is 15.4. The highest BCUT2D eigenvalue weighted by Crippen LogP contribution is 2.27. The molecule has 0 radical (unpaired) electrons. The van der Waals surface area contributed by atoms with Crippen molar-refractivity contribution in [1.82, 2.24) is 19.6 Å². The van der Waals surface area contributed by atoms with Gasteiger partial charge in [-0.15, -0.1) is 5.10 Å². The highest BCUT2D eigenvalue weighted by atomic mass is 35.5. The summed E-state index contributed by atoms with van der Waals surface area (Å²) >= 11 is 6.08. The number of nitrogens with one attached hydrogen (secondary N) is 1. The van der Waals surface area contributed by atoms with Gasteiger partial charge in [0.2, 0.25) is 0 Å². The van der Waals surface area contributed by atoms with Crippen LogP contribution in [0.1, 0.15) is 17.0 Å². The Hall–Kier alpha value is -2.23. The summed E-state index contributed by atoms with van der Waals surface area (Å²) in [5.41, 5.74) is 2.32. The van der Waals surface area contributed by atoms with Gasteiger partial charge in [-0.3, -0.25) is 4.72 Å². The molecule has 1 aromatic carbocycles. The number of benzene rings is 1. The Morgan fingerprint density at radius 2 is 2.04 bits per heavy atom. The number of sulfonamides is 1. The third-order valence-electron chi connectivity index (χ3n) is 3.51. The molecule has 0 spiro atoms. The topological polar surface area (TPSA) is 98.5 Å². The first-order valence-electron chi connectivity index (χ1n) is 7.32. The van der Waals surface area contributed by atoms with E-state index in [1.54, 1.807) is 45.2 Å². The van der Waals surface area contributed by atoms with Crippen LogP contribution in [-0.4, -0.2) is 35.1 Å². The number of ether oxygens (including phenoxy) is 1. The van der Waals surface area contributed by atoms with Gasteiger partial charge in [0.1, 0.15) is 0 Å². The van der Waals surface area contributed by atoms with Gasteiger partial charge in [-0.2, -0.15) is 13.4 Å². The van der Waals surface area contributed by atoms with E-state index in [1.807, 2.05) is 0 Å². The van der Waals surface area contributed by atoms with Gasteiger partial charge >= 0.3 is 0 Å². The summed E-state index contributed by atoms with van der Waals surface area (Å²) in [5.74, 6) is 0.184. The van der Waals surface area contributed by atoms with Crippen molar-refractivity contribution in [1.29, 1.82) is 0 Å². The lowest BCUT2D eigenvalue weighted by molar-refractivity contribution is 0.181. The van der Waals surface area contributed by atoms with Crippen LogP contribution < -0.4 is 4.72 Å². The Kier molecular flexibility index (Phi) is 4.63. The number of halogens is 1. The average molecular weight is 382 g/mol. The number of hydrogen-bond acceptors (Lipinski definition) is 6. The average Bonchev–Trinajstić information content (AvgIpc) is 2.97. The van der Waals surface area contributed by atoms with Gasteiger partial charge in [0.15, 0.2) is 0 Å². The Morgan fingerprint density at radius 3 is 2.72 bits per heavy atom. The van der Waals surface area contributed by atoms with E-state index < -0.39 is 10.0 Å². The van der Waals surface area contributed by atoms with Crippen molar-refractivity contribution in [3.05, 3.63) is 46.2 Å². The molecule has 25 heavy (non-hydrogen) atoms. The zero-order chi connectivity index (χ0) is 18.2. The summed E-state index contributed by atoms with van der Waals surface area (Å²) in [6, 6.07) is 6.85. The Morgan fingerprint density at radius 1 is 1.28 bits per heavy atom. The summed E-state index contributed by atoms with van der Waals surface area (Å²) in [7, 11) is -2.46. The van der Waals surface area contributed by atoms with Crippen molar-refractivity contribution in [3.63, 3.8) is 0 Å². The molecule has 1 N–H and O–H groups in total. The van der Waals surface area contributed by atoms with Gasteiger partial charge in [-0.05, 0) is 31.5 Å². The van der Waals surface area contributed by atoms with Gasteiger partial charge in [-0.1, -0.05) is 23.7 Å². The molecule has 0 aliphatic heterocycles. The molecule has 0 saturated heterocycles. The SMILES string of the molecule is COCc1cc(C)n2nc(S(=O)(=O)Nc3c(C)cccc3Cl)nc2n1. The molecule has 0 aliphatic rings. The summed E-state index contributed by atoms with van der Waals surface area (Å²) < 4.78 is 34.1. The van der Waals surface area contributed by atoms with Crippen LogP contribution in [0, 0.1) is 13.8 Å². The molecular formula is C15H16ClN5O3S. The molecule has 0 unspecified atom stereocenters. The number of hydrogen-bond donors (Lipinski definition) is 1. The maximum atomic E-state index is 12.6. The van der Waals surface area contributed by atoms with Crippen LogP contribution in [0.5, 0.6) is 0 Å². The van der Waals surface area contributed by atoms with E-state index in [9.17, 15) is 8.42 Å². The molecule has 2 aromatic heterocycles. The molecule has 0 atom stereocenters. The van der Waals surface area contributed by atoms with Gasteiger partial charge in [0.05, 0.1) is 23.0 Å². The number of nitrogens with zero attached hydrogens (tertiary/aromatic N) is 4. The van der Waals surface area contributed by atoms with E-state index in [2.05, 4.69) is 19.8 Å². The molecule has 2 heterocycles. The number of para-hydroxylation sites is 1. The first-order valence-corrected chi connectivity index (χ1v) is 9.18. The normalized spacial score (nSPS) is 11.8. The zero-order valence-electron chi connectivity index (χ0n) is 13.8. The van der Waals surface area contributed by atoms with E-state index in [0.29, 0.717) is 34.3 Å². The Labute approximate surface area is 149 Å². The lowest BCUT2D eigenvalue weighted by atomic mass is 10.2. The lowest BCUT2D eigenvalue weighted by Crippen LogP contribution is -2.16. The molecule has 0 aliphatic carbocycles. The predicted molar refractivity (Wildman–Crippen MR) is 93.2 cm³/mol. The fourth-order valence-corrected chi connectivity index (χ4v) is 3.68. The van der Waals surface area contributed by atoms with Crippen LogP contribution in [0.2, 0.25) is 5.02 Å². The molecule has 132 valence electrons. The minimum Gasteiger partial charge on any atom is -0.378 e. The molecule has 0 bridgehead atoms. The summed E-state index contributed by atoms with van der Waals surface area (Å²) in [6.45, 7) is 3.83. The van der Waals surface area contributed by atoms with Gasteiger partial charge in [0.25, 0.3) is 21.0 Å². The maximum absolute atomic E-state index is 12.6. The van der Waals surface area contributed by atoms with Crippen LogP contribution in [-0.2, 0) is 21.4 Å². The van der Waals surface area contributed by atoms with E-state index in [-0.39, 0.29) is 10.9 Å². The van der Waals surface area contributed by atoms with Gasteiger partial charge in [0, 0.05) is 12.8 Å². The standard InChI is InChI=1S/C15H16ClN5O3S/c1-9-5-4-6-12(16)13(9)20-25(22,23)15-18-14-17-11(8-24-3)7-10(2)21(14)19-15/h4-7,20H,8H2,1-3H3. The second-order valence-corrected chi connectivity index (χ2v) is 7.45. The van der Waals surface area contributed by atoms with Crippen LogP contribution in [0.25, 0.3) is 5.78 Å². The van der Waals surface area contributed by atoms with Crippen LogP contribution in [0.15, 0.2) is 29.4 Å². The van der Waals surface area contributed by atoms with Gasteiger partial charge < -0.3 is 4.74 Å². The minimum atomic E-state index is -4.01. The van der Waals surface area contributed by atoms with E-state index in [0.717, 1.165) is 0 Å². The highest BCUT2D eigenvalue weighted by Gasteiger charge is 2.23. The lowest BCUT2D eigenvalue weighted by Gasteiger charge is -2.09. The molecule has 3 rings (SSSR count). The number of rotatable bonds is 5. The van der Waals surface area contributed by atoms with Crippen LogP contribution in [0.3, 0.4) is 0 Å². The molecule has 0 amide bonds. The molecule has 3 aromatic rings. The molecule has 0 saturated carbocycles. The third kappa shape index (κ3) is 3.44. The summed E-state index contributed by atoms with van der Waals surface area (Å²) in [5, 5.41) is 3.97. The van der Waals surface area contributed by atoms with Crippen molar-refractivity contribution >= 4 is 33.1 Å². The second-order valence-electron chi connectivity index (χ2n) is 5.47. The maximum Gasteiger partial charge on any atom is 0.299 e. The second kappa shape index (κ2) is 6.58. The van der Waals surface area contributed by atoms with E-state index in [1.165, 1.54) is 4.52 Å².